The zero-order valence-corrected chi connectivity index (χ0v) is 11.9. The molecule has 3 unspecified atom stereocenters. The summed E-state index contributed by atoms with van der Waals surface area (Å²) in [7, 11) is 1.90. The van der Waals surface area contributed by atoms with Crippen molar-refractivity contribution in [3.05, 3.63) is 0 Å². The first-order chi connectivity index (χ1) is 7.99. The molecule has 1 aliphatic carbocycles. The summed E-state index contributed by atoms with van der Waals surface area (Å²) >= 11 is 4.97. The highest BCUT2D eigenvalue weighted by molar-refractivity contribution is 7.80. The van der Waals surface area contributed by atoms with Crippen LogP contribution in [0.4, 0.5) is 0 Å². The Kier molecular flexibility index (Phi) is 5.37. The van der Waals surface area contributed by atoms with Gasteiger partial charge < -0.3 is 10.6 Å². The first-order valence-electron chi connectivity index (χ1n) is 6.55. The molecule has 2 N–H and O–H groups in total. The summed E-state index contributed by atoms with van der Waals surface area (Å²) in [5, 5.41) is 0. The Bertz CT molecular complexity index is 293. The van der Waals surface area contributed by atoms with Gasteiger partial charge in [0.15, 0.2) is 0 Å². The van der Waals surface area contributed by atoms with Crippen molar-refractivity contribution in [2.45, 2.75) is 52.0 Å². The number of thiocarbonyl (C=S) groups is 1. The number of amides is 1. The van der Waals surface area contributed by atoms with Gasteiger partial charge in [0.1, 0.15) is 0 Å². The van der Waals surface area contributed by atoms with Gasteiger partial charge in [-0.25, -0.2) is 0 Å². The molecule has 0 spiro atoms. The molecule has 0 radical (unpaired) electrons. The minimum Gasteiger partial charge on any atom is -0.393 e. The Labute approximate surface area is 110 Å². The summed E-state index contributed by atoms with van der Waals surface area (Å²) in [6, 6.07) is 0.361. The molecule has 0 bridgehead atoms. The monoisotopic (exact) mass is 256 g/mol. The van der Waals surface area contributed by atoms with Crippen molar-refractivity contribution < 1.29 is 4.79 Å². The molecule has 1 amide bonds. The predicted octanol–water partition coefficient (Wildman–Crippen LogP) is 2.34. The van der Waals surface area contributed by atoms with Crippen molar-refractivity contribution in [1.82, 2.24) is 4.90 Å². The summed E-state index contributed by atoms with van der Waals surface area (Å²) in [5.41, 5.74) is 5.63. The predicted molar refractivity (Wildman–Crippen MR) is 74.8 cm³/mol. The molecule has 0 aromatic heterocycles. The van der Waals surface area contributed by atoms with E-state index in [2.05, 4.69) is 6.92 Å². The van der Waals surface area contributed by atoms with Crippen LogP contribution in [-0.2, 0) is 4.79 Å². The SMILES string of the molecule is CCC(C(=O)N(C)C1CCCCC1C)C(N)=S. The molecule has 1 aliphatic rings. The second-order valence-corrected chi connectivity index (χ2v) is 5.61. The first-order valence-corrected chi connectivity index (χ1v) is 6.95. The molecule has 17 heavy (non-hydrogen) atoms. The molecular formula is C13H24N2OS. The van der Waals surface area contributed by atoms with Crippen molar-refractivity contribution in [2.24, 2.45) is 17.6 Å². The zero-order valence-electron chi connectivity index (χ0n) is 11.1. The van der Waals surface area contributed by atoms with E-state index >= 15 is 0 Å². The molecule has 1 saturated carbocycles. The third-order valence-corrected chi connectivity index (χ3v) is 4.25. The molecule has 0 aromatic carbocycles. The van der Waals surface area contributed by atoms with Crippen LogP contribution in [0.3, 0.4) is 0 Å². The Balaban J connectivity index is 2.70. The zero-order chi connectivity index (χ0) is 13.0. The van der Waals surface area contributed by atoms with Gasteiger partial charge in [0.2, 0.25) is 5.91 Å². The van der Waals surface area contributed by atoms with Crippen molar-refractivity contribution in [3.63, 3.8) is 0 Å². The lowest BCUT2D eigenvalue weighted by molar-refractivity contribution is -0.135. The van der Waals surface area contributed by atoms with Gasteiger partial charge in [0.05, 0.1) is 10.9 Å². The Hall–Kier alpha value is -0.640. The number of hydrogen-bond acceptors (Lipinski definition) is 2. The first kappa shape index (κ1) is 14.4. The third kappa shape index (κ3) is 3.41. The molecule has 1 rings (SSSR count). The summed E-state index contributed by atoms with van der Waals surface area (Å²) in [5.74, 6) is 0.393. The topological polar surface area (TPSA) is 46.3 Å². The molecule has 0 heterocycles. The van der Waals surface area contributed by atoms with Gasteiger partial charge in [-0.15, -0.1) is 0 Å². The van der Waals surface area contributed by atoms with E-state index in [1.807, 2.05) is 18.9 Å². The van der Waals surface area contributed by atoms with E-state index in [4.69, 9.17) is 18.0 Å². The van der Waals surface area contributed by atoms with E-state index in [-0.39, 0.29) is 11.8 Å². The van der Waals surface area contributed by atoms with Crippen LogP contribution in [0.15, 0.2) is 0 Å². The fourth-order valence-electron chi connectivity index (χ4n) is 2.78. The number of carbonyl (C=O) groups excluding carboxylic acids is 1. The summed E-state index contributed by atoms with van der Waals surface area (Å²) in [4.78, 5) is 14.5. The van der Waals surface area contributed by atoms with E-state index in [9.17, 15) is 4.79 Å². The average molecular weight is 256 g/mol. The van der Waals surface area contributed by atoms with Crippen molar-refractivity contribution in [1.29, 1.82) is 0 Å². The van der Waals surface area contributed by atoms with Gasteiger partial charge in [-0.3, -0.25) is 4.79 Å². The molecule has 0 saturated heterocycles. The Morgan fingerprint density at radius 2 is 2.06 bits per heavy atom. The third-order valence-electron chi connectivity index (χ3n) is 3.96. The number of hydrogen-bond donors (Lipinski definition) is 1. The maximum atomic E-state index is 12.3. The van der Waals surface area contributed by atoms with Gasteiger partial charge in [-0.1, -0.05) is 38.9 Å². The highest BCUT2D eigenvalue weighted by atomic mass is 32.1. The largest absolute Gasteiger partial charge is 0.393 e. The fourth-order valence-corrected chi connectivity index (χ4v) is 3.05. The van der Waals surface area contributed by atoms with Gasteiger partial charge >= 0.3 is 0 Å². The van der Waals surface area contributed by atoms with E-state index in [1.165, 1.54) is 19.3 Å². The minimum absolute atomic E-state index is 0.0961. The molecular weight excluding hydrogens is 232 g/mol. The van der Waals surface area contributed by atoms with Crippen LogP contribution in [0.2, 0.25) is 0 Å². The van der Waals surface area contributed by atoms with Crippen molar-refractivity contribution in [3.8, 4) is 0 Å². The summed E-state index contributed by atoms with van der Waals surface area (Å²) in [6.45, 7) is 4.19. The number of nitrogens with zero attached hydrogens (tertiary/aromatic N) is 1. The van der Waals surface area contributed by atoms with Crippen LogP contribution in [0, 0.1) is 11.8 Å². The average Bonchev–Trinajstić information content (AvgIpc) is 2.29. The van der Waals surface area contributed by atoms with Crippen LogP contribution in [0.5, 0.6) is 0 Å². The normalized spacial score (nSPS) is 26.3. The summed E-state index contributed by atoms with van der Waals surface area (Å²) in [6.07, 6.45) is 5.52. The van der Waals surface area contributed by atoms with Crippen LogP contribution < -0.4 is 5.73 Å². The van der Waals surface area contributed by atoms with Gasteiger partial charge in [0.25, 0.3) is 0 Å². The van der Waals surface area contributed by atoms with E-state index < -0.39 is 0 Å². The van der Waals surface area contributed by atoms with Gasteiger partial charge in [-0.2, -0.15) is 0 Å². The van der Waals surface area contributed by atoms with Crippen LogP contribution in [0.1, 0.15) is 46.0 Å². The van der Waals surface area contributed by atoms with E-state index in [0.29, 0.717) is 23.4 Å². The van der Waals surface area contributed by atoms with Crippen molar-refractivity contribution in [2.75, 3.05) is 7.05 Å². The Morgan fingerprint density at radius 1 is 1.47 bits per heavy atom. The standard InChI is InChI=1S/C13H24N2OS/c1-4-10(12(14)17)13(16)15(3)11-8-6-5-7-9(11)2/h9-11H,4-8H2,1-3H3,(H2,14,17). The molecule has 98 valence electrons. The fraction of sp³-hybridized carbons (Fsp3) is 0.846. The number of rotatable bonds is 4. The maximum Gasteiger partial charge on any atom is 0.232 e. The molecule has 3 nitrogen and oxygen atoms in total. The molecule has 4 heteroatoms. The second-order valence-electron chi connectivity index (χ2n) is 5.14. The van der Waals surface area contributed by atoms with Crippen molar-refractivity contribution >= 4 is 23.1 Å². The van der Waals surface area contributed by atoms with E-state index in [0.717, 1.165) is 6.42 Å². The lowest BCUT2D eigenvalue weighted by Gasteiger charge is -2.37. The molecule has 1 fully saturated rings. The van der Waals surface area contributed by atoms with Crippen LogP contribution >= 0.6 is 12.2 Å². The van der Waals surface area contributed by atoms with Gasteiger partial charge in [-0.05, 0) is 25.2 Å². The molecule has 0 aromatic rings. The highest BCUT2D eigenvalue weighted by Crippen LogP contribution is 2.28. The second kappa shape index (κ2) is 6.34. The maximum absolute atomic E-state index is 12.3. The lowest BCUT2D eigenvalue weighted by atomic mass is 9.84. The highest BCUT2D eigenvalue weighted by Gasteiger charge is 2.31. The Morgan fingerprint density at radius 3 is 2.53 bits per heavy atom. The van der Waals surface area contributed by atoms with E-state index in [1.54, 1.807) is 0 Å². The number of carbonyl (C=O) groups is 1. The smallest absolute Gasteiger partial charge is 0.232 e. The quantitative estimate of drug-likeness (QED) is 0.785. The summed E-state index contributed by atoms with van der Waals surface area (Å²) < 4.78 is 0. The molecule has 0 aliphatic heterocycles. The van der Waals surface area contributed by atoms with Crippen LogP contribution in [-0.4, -0.2) is 28.9 Å². The minimum atomic E-state index is -0.288. The molecule has 3 atom stereocenters. The number of nitrogens with two attached hydrogens (primary N) is 1. The van der Waals surface area contributed by atoms with Crippen LogP contribution in [0.25, 0.3) is 0 Å². The lowest BCUT2D eigenvalue weighted by Crippen LogP contribution is -2.47. The van der Waals surface area contributed by atoms with Gasteiger partial charge in [0, 0.05) is 13.1 Å².